The molecule has 3 nitrogen and oxygen atoms in total. The van der Waals surface area contributed by atoms with Crippen LogP contribution in [0.2, 0.25) is 0 Å². The maximum absolute atomic E-state index is 12.2. The van der Waals surface area contributed by atoms with Gasteiger partial charge in [-0.15, -0.1) is 0 Å². The van der Waals surface area contributed by atoms with Crippen LogP contribution in [0.15, 0.2) is 0 Å². The molecule has 0 saturated carbocycles. The van der Waals surface area contributed by atoms with E-state index >= 15 is 0 Å². The molecule has 1 amide bonds. The summed E-state index contributed by atoms with van der Waals surface area (Å²) in [4.78, 5) is 14.3. The van der Waals surface area contributed by atoms with E-state index in [0.29, 0.717) is 18.9 Å². The molecule has 1 saturated heterocycles. The van der Waals surface area contributed by atoms with Gasteiger partial charge in [0.1, 0.15) is 0 Å². The zero-order chi connectivity index (χ0) is 13.8. The van der Waals surface area contributed by atoms with Gasteiger partial charge in [0.05, 0.1) is 0 Å². The minimum absolute atomic E-state index is 0.185. The van der Waals surface area contributed by atoms with E-state index in [1.807, 2.05) is 16.7 Å². The smallest absolute Gasteiger partial charge is 0.222 e. The van der Waals surface area contributed by atoms with Gasteiger partial charge >= 0.3 is 0 Å². The third-order valence-electron chi connectivity index (χ3n) is 3.62. The lowest BCUT2D eigenvalue weighted by atomic mass is 9.84. The summed E-state index contributed by atoms with van der Waals surface area (Å²) in [6, 6.07) is 0. The molecule has 1 aliphatic rings. The van der Waals surface area contributed by atoms with Crippen LogP contribution in [0.4, 0.5) is 0 Å². The van der Waals surface area contributed by atoms with Gasteiger partial charge in [-0.1, -0.05) is 13.8 Å². The predicted octanol–water partition coefficient (Wildman–Crippen LogP) is 2.50. The van der Waals surface area contributed by atoms with Crippen LogP contribution in [-0.2, 0) is 4.79 Å². The molecule has 1 rings (SSSR count). The Morgan fingerprint density at radius 3 is 2.61 bits per heavy atom. The summed E-state index contributed by atoms with van der Waals surface area (Å²) in [5, 5.41) is 0. The Kier molecular flexibility index (Phi) is 5.53. The normalized spacial score (nSPS) is 19.9. The highest BCUT2D eigenvalue weighted by Crippen LogP contribution is 2.31. The van der Waals surface area contributed by atoms with Crippen LogP contribution in [0.1, 0.15) is 47.0 Å². The minimum atomic E-state index is 0.185. The number of nitrogens with two attached hydrogens (primary N) is 1. The van der Waals surface area contributed by atoms with Crippen LogP contribution in [0.3, 0.4) is 0 Å². The molecule has 0 aliphatic carbocycles. The molecule has 0 atom stereocenters. The molecule has 4 heteroatoms. The van der Waals surface area contributed by atoms with Crippen molar-refractivity contribution in [3.63, 3.8) is 0 Å². The van der Waals surface area contributed by atoms with Crippen LogP contribution < -0.4 is 5.73 Å². The monoisotopic (exact) mass is 272 g/mol. The van der Waals surface area contributed by atoms with E-state index in [9.17, 15) is 4.79 Å². The minimum Gasteiger partial charge on any atom is -0.341 e. The fourth-order valence-corrected chi connectivity index (χ4v) is 3.46. The summed E-state index contributed by atoms with van der Waals surface area (Å²) < 4.78 is 0.209. The van der Waals surface area contributed by atoms with Gasteiger partial charge in [-0.2, -0.15) is 11.8 Å². The molecule has 106 valence electrons. The predicted molar refractivity (Wildman–Crippen MR) is 79.8 cm³/mol. The molecule has 0 bridgehead atoms. The number of hydrogen-bond acceptors (Lipinski definition) is 3. The van der Waals surface area contributed by atoms with E-state index in [-0.39, 0.29) is 10.2 Å². The van der Waals surface area contributed by atoms with Gasteiger partial charge in [0.15, 0.2) is 0 Å². The largest absolute Gasteiger partial charge is 0.341 e. The van der Waals surface area contributed by atoms with Crippen molar-refractivity contribution < 1.29 is 4.79 Å². The van der Waals surface area contributed by atoms with Gasteiger partial charge in [-0.25, -0.2) is 0 Å². The number of hydrogen-bond donors (Lipinski definition) is 1. The topological polar surface area (TPSA) is 46.3 Å². The Hall–Kier alpha value is -0.220. The van der Waals surface area contributed by atoms with E-state index in [1.54, 1.807) is 0 Å². The Balaban J connectivity index is 2.41. The Labute approximate surface area is 116 Å². The van der Waals surface area contributed by atoms with Crippen molar-refractivity contribution in [1.82, 2.24) is 4.90 Å². The van der Waals surface area contributed by atoms with Crippen LogP contribution in [0, 0.1) is 5.41 Å². The standard InChI is InChI=1S/C14H28N2OS/c1-13(2,7-8-15)6-5-12(17)16-9-10-18-14(3,4)11-16/h5-11,15H2,1-4H3. The van der Waals surface area contributed by atoms with Crippen LogP contribution in [0.5, 0.6) is 0 Å². The summed E-state index contributed by atoms with van der Waals surface area (Å²) >= 11 is 1.96. The van der Waals surface area contributed by atoms with E-state index in [2.05, 4.69) is 27.7 Å². The molecule has 1 aliphatic heterocycles. The third-order valence-corrected chi connectivity index (χ3v) is 4.91. The van der Waals surface area contributed by atoms with Gasteiger partial charge in [-0.3, -0.25) is 4.79 Å². The van der Waals surface area contributed by atoms with Crippen molar-refractivity contribution in [3.8, 4) is 0 Å². The lowest BCUT2D eigenvalue weighted by molar-refractivity contribution is -0.132. The second-order valence-corrected chi connectivity index (χ2v) is 8.43. The van der Waals surface area contributed by atoms with Gasteiger partial charge in [0.2, 0.25) is 5.91 Å². The van der Waals surface area contributed by atoms with Crippen molar-refractivity contribution >= 4 is 17.7 Å². The summed E-state index contributed by atoms with van der Waals surface area (Å²) in [7, 11) is 0. The molecular formula is C14H28N2OS. The number of rotatable bonds is 5. The first-order valence-corrected chi connectivity index (χ1v) is 7.86. The summed E-state index contributed by atoms with van der Waals surface area (Å²) in [6.07, 6.45) is 2.59. The van der Waals surface area contributed by atoms with Gasteiger partial charge in [0.25, 0.3) is 0 Å². The third kappa shape index (κ3) is 5.19. The van der Waals surface area contributed by atoms with E-state index in [1.165, 1.54) is 0 Å². The fraction of sp³-hybridized carbons (Fsp3) is 0.929. The van der Waals surface area contributed by atoms with Crippen LogP contribution in [-0.4, -0.2) is 40.9 Å². The number of carbonyl (C=O) groups excluding carboxylic acids is 1. The molecule has 18 heavy (non-hydrogen) atoms. The van der Waals surface area contributed by atoms with Crippen molar-refractivity contribution in [2.45, 2.75) is 51.7 Å². The zero-order valence-electron chi connectivity index (χ0n) is 12.3. The SMILES string of the molecule is CC(C)(CCN)CCC(=O)N1CCSC(C)(C)C1. The molecule has 0 radical (unpaired) electrons. The highest BCUT2D eigenvalue weighted by Gasteiger charge is 2.30. The maximum atomic E-state index is 12.2. The fourth-order valence-electron chi connectivity index (χ4n) is 2.35. The molecule has 0 aromatic rings. The Morgan fingerprint density at radius 1 is 1.39 bits per heavy atom. The van der Waals surface area contributed by atoms with Gasteiger partial charge in [0, 0.05) is 30.0 Å². The molecule has 0 spiro atoms. The number of nitrogens with zero attached hydrogens (tertiary/aromatic N) is 1. The highest BCUT2D eigenvalue weighted by atomic mass is 32.2. The van der Waals surface area contributed by atoms with E-state index in [0.717, 1.165) is 31.7 Å². The number of thioether (sulfide) groups is 1. The lowest BCUT2D eigenvalue weighted by Gasteiger charge is -2.38. The van der Waals surface area contributed by atoms with E-state index in [4.69, 9.17) is 5.73 Å². The van der Waals surface area contributed by atoms with Crippen LogP contribution in [0.25, 0.3) is 0 Å². The zero-order valence-corrected chi connectivity index (χ0v) is 13.1. The first-order chi connectivity index (χ1) is 8.26. The lowest BCUT2D eigenvalue weighted by Crippen LogP contribution is -2.46. The van der Waals surface area contributed by atoms with Crippen molar-refractivity contribution in [1.29, 1.82) is 0 Å². The summed E-state index contributed by atoms with van der Waals surface area (Å²) in [6.45, 7) is 11.3. The Bertz CT molecular complexity index is 290. The van der Waals surface area contributed by atoms with Gasteiger partial charge in [-0.05, 0) is 38.6 Å². The van der Waals surface area contributed by atoms with Gasteiger partial charge < -0.3 is 10.6 Å². The highest BCUT2D eigenvalue weighted by molar-refractivity contribution is 8.00. The average molecular weight is 272 g/mol. The summed E-state index contributed by atoms with van der Waals surface area (Å²) in [5.41, 5.74) is 5.79. The van der Waals surface area contributed by atoms with Crippen LogP contribution >= 0.6 is 11.8 Å². The summed E-state index contributed by atoms with van der Waals surface area (Å²) in [5.74, 6) is 1.37. The molecule has 2 N–H and O–H groups in total. The second-order valence-electron chi connectivity index (χ2n) is 6.63. The second kappa shape index (κ2) is 6.29. The number of amides is 1. The maximum Gasteiger partial charge on any atom is 0.222 e. The molecule has 0 aromatic carbocycles. The Morgan fingerprint density at radius 2 is 2.06 bits per heavy atom. The molecule has 0 unspecified atom stereocenters. The quantitative estimate of drug-likeness (QED) is 0.836. The molecule has 1 heterocycles. The van der Waals surface area contributed by atoms with Crippen molar-refractivity contribution in [2.24, 2.45) is 11.1 Å². The average Bonchev–Trinajstić information content (AvgIpc) is 2.24. The van der Waals surface area contributed by atoms with E-state index < -0.39 is 0 Å². The molecular weight excluding hydrogens is 244 g/mol. The van der Waals surface area contributed by atoms with Crippen molar-refractivity contribution in [3.05, 3.63) is 0 Å². The molecule has 0 aromatic heterocycles. The first-order valence-electron chi connectivity index (χ1n) is 6.88. The van der Waals surface area contributed by atoms with Crippen molar-refractivity contribution in [2.75, 3.05) is 25.4 Å². The first kappa shape index (κ1) is 15.8. The number of carbonyl (C=O) groups is 1. The molecule has 1 fully saturated rings.